The lowest BCUT2D eigenvalue weighted by Crippen LogP contribution is -2.43. The van der Waals surface area contributed by atoms with E-state index in [1.54, 1.807) is 0 Å². The first-order valence-corrected chi connectivity index (χ1v) is 8.25. The van der Waals surface area contributed by atoms with Crippen molar-refractivity contribution in [3.8, 4) is 0 Å². The third kappa shape index (κ3) is 2.87. The summed E-state index contributed by atoms with van der Waals surface area (Å²) in [5.41, 5.74) is 3.17. The minimum absolute atomic E-state index is 0.499. The molecule has 0 atom stereocenters. The van der Waals surface area contributed by atoms with Crippen LogP contribution in [0.3, 0.4) is 0 Å². The molecule has 2 aromatic rings. The number of benzene rings is 1. The Morgan fingerprint density at radius 1 is 1.24 bits per heavy atom. The number of aromatic nitrogens is 2. The fraction of sp³-hybridized carbons (Fsp3) is 0.562. The first-order valence-electron chi connectivity index (χ1n) is 7.87. The van der Waals surface area contributed by atoms with Gasteiger partial charge in [0.25, 0.3) is 0 Å². The van der Waals surface area contributed by atoms with E-state index in [-0.39, 0.29) is 0 Å². The van der Waals surface area contributed by atoms with Crippen LogP contribution >= 0.6 is 11.6 Å². The largest absolute Gasteiger partial charge is 0.368 e. The molecule has 0 radical (unpaired) electrons. The van der Waals surface area contributed by atoms with Crippen LogP contribution in [0, 0.1) is 0 Å². The van der Waals surface area contributed by atoms with Gasteiger partial charge in [0.15, 0.2) is 0 Å². The highest BCUT2D eigenvalue weighted by molar-refractivity contribution is 6.34. The molecule has 5 heteroatoms. The molecule has 0 unspecified atom stereocenters. The van der Waals surface area contributed by atoms with Gasteiger partial charge in [-0.2, -0.15) is 0 Å². The maximum atomic E-state index is 6.48. The summed E-state index contributed by atoms with van der Waals surface area (Å²) in [6.07, 6.45) is 2.21. The number of nitrogens with zero attached hydrogens (tertiary/aromatic N) is 2. The summed E-state index contributed by atoms with van der Waals surface area (Å²) >= 11 is 6.48. The van der Waals surface area contributed by atoms with Crippen molar-refractivity contribution >= 4 is 28.3 Å². The van der Waals surface area contributed by atoms with Gasteiger partial charge in [0, 0.05) is 32.1 Å². The highest BCUT2D eigenvalue weighted by atomic mass is 35.5. The van der Waals surface area contributed by atoms with Crippen molar-refractivity contribution in [1.29, 1.82) is 0 Å². The van der Waals surface area contributed by atoms with E-state index in [1.807, 2.05) is 6.07 Å². The van der Waals surface area contributed by atoms with Crippen molar-refractivity contribution in [3.63, 3.8) is 0 Å². The Balaban J connectivity index is 1.98. The molecule has 2 heterocycles. The van der Waals surface area contributed by atoms with Gasteiger partial charge in [-0.05, 0) is 25.0 Å². The molecule has 4 nitrogen and oxygen atoms in total. The predicted molar refractivity (Wildman–Crippen MR) is 89.5 cm³/mol. The van der Waals surface area contributed by atoms with Gasteiger partial charge < -0.3 is 15.2 Å². The van der Waals surface area contributed by atoms with Crippen LogP contribution in [0.15, 0.2) is 12.1 Å². The second-order valence-corrected chi connectivity index (χ2v) is 6.10. The highest BCUT2D eigenvalue weighted by Gasteiger charge is 2.17. The lowest BCUT2D eigenvalue weighted by atomic mass is 10.0. The van der Waals surface area contributed by atoms with E-state index in [0.717, 1.165) is 66.6 Å². The number of fused-ring (bicyclic) bond motifs is 1. The summed E-state index contributed by atoms with van der Waals surface area (Å²) in [6.45, 7) is 8.42. The van der Waals surface area contributed by atoms with Crippen molar-refractivity contribution < 1.29 is 0 Å². The smallest absolute Gasteiger partial charge is 0.110 e. The molecule has 0 spiro atoms. The van der Waals surface area contributed by atoms with Crippen molar-refractivity contribution in [3.05, 3.63) is 23.0 Å². The Morgan fingerprint density at radius 3 is 2.62 bits per heavy atom. The van der Waals surface area contributed by atoms with Crippen molar-refractivity contribution in [2.45, 2.75) is 32.6 Å². The molecule has 0 amide bonds. The number of imidazole rings is 1. The van der Waals surface area contributed by atoms with Gasteiger partial charge in [0.05, 0.1) is 21.7 Å². The van der Waals surface area contributed by atoms with Crippen molar-refractivity contribution in [1.82, 2.24) is 15.3 Å². The molecule has 1 aromatic heterocycles. The Labute approximate surface area is 130 Å². The van der Waals surface area contributed by atoms with Crippen LogP contribution in [0.25, 0.3) is 11.0 Å². The molecule has 1 saturated heterocycles. The van der Waals surface area contributed by atoms with Crippen molar-refractivity contribution in [2.24, 2.45) is 0 Å². The average molecular weight is 307 g/mol. The molecular formula is C16H23ClN4. The maximum Gasteiger partial charge on any atom is 0.110 e. The lowest BCUT2D eigenvalue weighted by Gasteiger charge is -2.30. The quantitative estimate of drug-likeness (QED) is 0.908. The zero-order valence-corrected chi connectivity index (χ0v) is 13.5. The third-order valence-electron chi connectivity index (χ3n) is 4.40. The predicted octanol–water partition coefficient (Wildman–Crippen LogP) is 3.53. The van der Waals surface area contributed by atoms with Gasteiger partial charge in [-0.15, -0.1) is 0 Å². The Kier molecular flexibility index (Phi) is 4.36. The molecule has 1 aliphatic rings. The minimum atomic E-state index is 0.499. The van der Waals surface area contributed by atoms with Crippen molar-refractivity contribution in [2.75, 3.05) is 31.1 Å². The van der Waals surface area contributed by atoms with E-state index >= 15 is 0 Å². The number of aromatic amines is 1. The van der Waals surface area contributed by atoms with Gasteiger partial charge >= 0.3 is 0 Å². The van der Waals surface area contributed by atoms with Crippen LogP contribution in [0.4, 0.5) is 5.69 Å². The second kappa shape index (κ2) is 6.24. The normalized spacial score (nSPS) is 16.1. The Hall–Kier alpha value is -1.26. The molecule has 3 rings (SSSR count). The monoisotopic (exact) mass is 306 g/mol. The number of hydrogen-bond donors (Lipinski definition) is 2. The third-order valence-corrected chi connectivity index (χ3v) is 4.70. The summed E-state index contributed by atoms with van der Waals surface area (Å²) in [7, 11) is 0. The fourth-order valence-corrected chi connectivity index (χ4v) is 3.34. The van der Waals surface area contributed by atoms with Crippen LogP contribution in [-0.2, 0) is 0 Å². The van der Waals surface area contributed by atoms with Crippen LogP contribution in [-0.4, -0.2) is 36.1 Å². The first-order chi connectivity index (χ1) is 10.2. The molecule has 21 heavy (non-hydrogen) atoms. The van der Waals surface area contributed by atoms with Gasteiger partial charge in [-0.1, -0.05) is 25.4 Å². The topological polar surface area (TPSA) is 44.0 Å². The van der Waals surface area contributed by atoms with Crippen LogP contribution in [0.5, 0.6) is 0 Å². The molecular weight excluding hydrogens is 284 g/mol. The number of hydrogen-bond acceptors (Lipinski definition) is 3. The zero-order chi connectivity index (χ0) is 14.8. The van der Waals surface area contributed by atoms with Crippen LogP contribution in [0.2, 0.25) is 5.02 Å². The van der Waals surface area contributed by atoms with E-state index in [0.29, 0.717) is 5.92 Å². The number of rotatable bonds is 4. The number of H-pyrrole nitrogens is 1. The average Bonchev–Trinajstić information content (AvgIpc) is 2.91. The van der Waals surface area contributed by atoms with Crippen LogP contribution < -0.4 is 10.2 Å². The van der Waals surface area contributed by atoms with Crippen LogP contribution in [0.1, 0.15) is 38.4 Å². The van der Waals surface area contributed by atoms with Gasteiger partial charge in [0.2, 0.25) is 0 Å². The summed E-state index contributed by atoms with van der Waals surface area (Å²) in [4.78, 5) is 10.6. The Morgan fingerprint density at radius 2 is 1.95 bits per heavy atom. The van der Waals surface area contributed by atoms with E-state index < -0.39 is 0 Å². The minimum Gasteiger partial charge on any atom is -0.368 e. The summed E-state index contributed by atoms with van der Waals surface area (Å²) in [6, 6.07) is 4.15. The summed E-state index contributed by atoms with van der Waals surface area (Å²) in [5, 5.41) is 4.18. The molecule has 0 saturated carbocycles. The van der Waals surface area contributed by atoms with E-state index in [2.05, 4.69) is 35.1 Å². The molecule has 0 aliphatic carbocycles. The zero-order valence-electron chi connectivity index (χ0n) is 12.7. The van der Waals surface area contributed by atoms with E-state index in [4.69, 9.17) is 16.6 Å². The number of anilines is 1. The molecule has 2 N–H and O–H groups in total. The second-order valence-electron chi connectivity index (χ2n) is 5.69. The molecule has 114 valence electrons. The molecule has 1 fully saturated rings. The first kappa shape index (κ1) is 14.7. The van der Waals surface area contributed by atoms with Gasteiger partial charge in [-0.3, -0.25) is 0 Å². The number of piperazine rings is 1. The van der Waals surface area contributed by atoms with E-state index in [9.17, 15) is 0 Å². The van der Waals surface area contributed by atoms with Gasteiger partial charge in [0.1, 0.15) is 5.82 Å². The number of nitrogens with one attached hydrogen (secondary N) is 2. The summed E-state index contributed by atoms with van der Waals surface area (Å²) in [5.74, 6) is 1.59. The van der Waals surface area contributed by atoms with E-state index in [1.165, 1.54) is 0 Å². The molecule has 1 aliphatic heterocycles. The lowest BCUT2D eigenvalue weighted by molar-refractivity contribution is 0.589. The van der Waals surface area contributed by atoms with Gasteiger partial charge in [-0.25, -0.2) is 4.98 Å². The Bertz CT molecular complexity index is 612. The summed E-state index contributed by atoms with van der Waals surface area (Å²) < 4.78 is 0. The SMILES string of the molecule is CCC(CC)c1nc2cc(N3CCNCC3)c(Cl)cc2[nH]1. The molecule has 0 bridgehead atoms. The standard InChI is InChI=1S/C16H23ClN4/c1-3-11(4-2)16-19-13-9-12(17)15(10-14(13)20-16)21-7-5-18-6-8-21/h9-11,18H,3-8H2,1-2H3,(H,19,20). The highest BCUT2D eigenvalue weighted by Crippen LogP contribution is 2.32. The number of halogens is 1. The maximum absolute atomic E-state index is 6.48. The fourth-order valence-electron chi connectivity index (χ4n) is 3.06. The molecule has 1 aromatic carbocycles.